The zero-order valence-electron chi connectivity index (χ0n) is 19.6. The van der Waals surface area contributed by atoms with Crippen LogP contribution in [0.15, 0.2) is 0 Å². The molecule has 0 atom stereocenters. The molecule has 0 aliphatic carbocycles. The van der Waals surface area contributed by atoms with Crippen LogP contribution in [-0.2, 0) is 4.79 Å². The van der Waals surface area contributed by atoms with Crippen molar-refractivity contribution in [2.24, 2.45) is 5.73 Å². The van der Waals surface area contributed by atoms with Crippen LogP contribution in [0.4, 0.5) is 0 Å². The van der Waals surface area contributed by atoms with Gasteiger partial charge in [0.25, 0.3) is 0 Å². The number of aliphatic hydroxyl groups excluding tert-OH is 1. The summed E-state index contributed by atoms with van der Waals surface area (Å²) >= 11 is 0. The number of aliphatic hydroxyl groups is 1. The van der Waals surface area contributed by atoms with Gasteiger partial charge in [0.15, 0.2) is 0 Å². The molecule has 0 aromatic heterocycles. The molecule has 29 heavy (non-hydrogen) atoms. The molecule has 0 aliphatic rings. The Hall–Kier alpha value is -0.570. The molecule has 3 heteroatoms. The molecule has 3 N–H and O–H groups in total. The van der Waals surface area contributed by atoms with Gasteiger partial charge in [0.2, 0.25) is 5.91 Å². The minimum atomic E-state index is -0.155. The Morgan fingerprint density at radius 1 is 0.414 bits per heavy atom. The van der Waals surface area contributed by atoms with E-state index in [2.05, 4.69) is 0 Å². The van der Waals surface area contributed by atoms with Crippen LogP contribution in [0.5, 0.6) is 0 Å². The first-order valence-electron chi connectivity index (χ1n) is 13.2. The fourth-order valence-corrected chi connectivity index (χ4v) is 4.12. The van der Waals surface area contributed by atoms with Gasteiger partial charge in [-0.2, -0.15) is 0 Å². The summed E-state index contributed by atoms with van der Waals surface area (Å²) in [7, 11) is 0. The monoisotopic (exact) mass is 411 g/mol. The average Bonchev–Trinajstić information content (AvgIpc) is 2.71. The maximum atomic E-state index is 10.6. The summed E-state index contributed by atoms with van der Waals surface area (Å²) < 4.78 is 0. The molecule has 0 aromatic carbocycles. The Morgan fingerprint density at radius 2 is 0.621 bits per heavy atom. The van der Waals surface area contributed by atoms with E-state index in [0.717, 1.165) is 19.3 Å². The number of unbranched alkanes of at least 4 members (excludes halogenated alkanes) is 22. The van der Waals surface area contributed by atoms with Crippen molar-refractivity contribution in [2.75, 3.05) is 6.61 Å². The Morgan fingerprint density at radius 3 is 0.828 bits per heavy atom. The van der Waals surface area contributed by atoms with Crippen molar-refractivity contribution in [2.45, 2.75) is 154 Å². The number of hydrogen-bond acceptors (Lipinski definition) is 2. The summed E-state index contributed by atoms with van der Waals surface area (Å²) in [6.45, 7) is 0.364. The van der Waals surface area contributed by atoms with Crippen molar-refractivity contribution in [1.29, 1.82) is 0 Å². The Kier molecular flexibility index (Phi) is 25.0. The van der Waals surface area contributed by atoms with Gasteiger partial charge in [-0.25, -0.2) is 0 Å². The van der Waals surface area contributed by atoms with Crippen LogP contribution in [0.2, 0.25) is 0 Å². The van der Waals surface area contributed by atoms with E-state index in [0.29, 0.717) is 13.0 Å². The normalized spacial score (nSPS) is 11.2. The van der Waals surface area contributed by atoms with Crippen LogP contribution in [-0.4, -0.2) is 17.6 Å². The molecule has 3 nitrogen and oxygen atoms in total. The predicted molar refractivity (Wildman–Crippen MR) is 127 cm³/mol. The second-order valence-corrected chi connectivity index (χ2v) is 9.07. The molecule has 0 saturated carbocycles. The predicted octanol–water partition coefficient (Wildman–Crippen LogP) is 7.83. The number of nitrogens with two attached hydrogens (primary N) is 1. The average molecular weight is 412 g/mol. The van der Waals surface area contributed by atoms with Crippen LogP contribution in [0.25, 0.3) is 0 Å². The zero-order chi connectivity index (χ0) is 21.3. The van der Waals surface area contributed by atoms with E-state index in [9.17, 15) is 4.79 Å². The fourth-order valence-electron chi connectivity index (χ4n) is 4.12. The number of carbonyl (C=O) groups is 1. The second-order valence-electron chi connectivity index (χ2n) is 9.07. The first-order valence-corrected chi connectivity index (χ1v) is 13.2. The third kappa shape index (κ3) is 27.4. The van der Waals surface area contributed by atoms with E-state index < -0.39 is 0 Å². The summed E-state index contributed by atoms with van der Waals surface area (Å²) in [6, 6.07) is 0. The molecule has 1 amide bonds. The highest BCUT2D eigenvalue weighted by molar-refractivity contribution is 5.73. The smallest absolute Gasteiger partial charge is 0.217 e. The highest BCUT2D eigenvalue weighted by atomic mass is 16.2. The minimum Gasteiger partial charge on any atom is -0.396 e. The Balaban J connectivity index is 2.99. The fraction of sp³-hybridized carbons (Fsp3) is 0.962. The van der Waals surface area contributed by atoms with Crippen LogP contribution in [0.1, 0.15) is 154 Å². The van der Waals surface area contributed by atoms with Gasteiger partial charge >= 0.3 is 0 Å². The first kappa shape index (κ1) is 28.4. The van der Waals surface area contributed by atoms with Crippen LogP contribution in [0, 0.1) is 0 Å². The van der Waals surface area contributed by atoms with Gasteiger partial charge in [0.1, 0.15) is 0 Å². The lowest BCUT2D eigenvalue weighted by molar-refractivity contribution is -0.118. The van der Waals surface area contributed by atoms with Crippen molar-refractivity contribution < 1.29 is 9.90 Å². The Labute approximate surface area is 182 Å². The third-order valence-electron chi connectivity index (χ3n) is 6.08. The Bertz CT molecular complexity index is 320. The van der Waals surface area contributed by atoms with Gasteiger partial charge in [0, 0.05) is 13.0 Å². The van der Waals surface area contributed by atoms with Crippen LogP contribution >= 0.6 is 0 Å². The molecule has 174 valence electrons. The molecule has 0 bridgehead atoms. The summed E-state index contributed by atoms with van der Waals surface area (Å²) in [4.78, 5) is 10.6. The van der Waals surface area contributed by atoms with E-state index in [1.165, 1.54) is 128 Å². The molecular formula is C26H53NO2. The van der Waals surface area contributed by atoms with Gasteiger partial charge in [-0.05, 0) is 12.8 Å². The lowest BCUT2D eigenvalue weighted by atomic mass is 10.0. The molecule has 0 unspecified atom stereocenters. The molecule has 0 saturated heterocycles. The lowest BCUT2D eigenvalue weighted by Crippen LogP contribution is -2.09. The van der Waals surface area contributed by atoms with Crippen molar-refractivity contribution in [1.82, 2.24) is 0 Å². The van der Waals surface area contributed by atoms with Crippen molar-refractivity contribution >= 4 is 5.91 Å². The summed E-state index contributed by atoms with van der Waals surface area (Å²) in [5, 5.41) is 8.74. The van der Waals surface area contributed by atoms with Gasteiger partial charge < -0.3 is 10.8 Å². The van der Waals surface area contributed by atoms with E-state index in [1.807, 2.05) is 0 Å². The number of rotatable bonds is 25. The lowest BCUT2D eigenvalue weighted by Gasteiger charge is -2.04. The first-order chi connectivity index (χ1) is 14.3. The highest BCUT2D eigenvalue weighted by Gasteiger charge is 1.97. The van der Waals surface area contributed by atoms with E-state index in [-0.39, 0.29) is 5.91 Å². The van der Waals surface area contributed by atoms with E-state index in [1.54, 1.807) is 0 Å². The topological polar surface area (TPSA) is 63.3 Å². The van der Waals surface area contributed by atoms with Gasteiger partial charge in [-0.1, -0.05) is 135 Å². The summed E-state index contributed by atoms with van der Waals surface area (Å²) in [5.41, 5.74) is 5.14. The molecular weight excluding hydrogens is 358 g/mol. The molecule has 0 spiro atoms. The third-order valence-corrected chi connectivity index (χ3v) is 6.08. The van der Waals surface area contributed by atoms with E-state index in [4.69, 9.17) is 10.8 Å². The number of hydrogen-bond donors (Lipinski definition) is 2. The SMILES string of the molecule is NC(=O)CCCCCCCCCCCCCCCCCCCCCCCCCO. The maximum Gasteiger partial charge on any atom is 0.217 e. The largest absolute Gasteiger partial charge is 0.396 e. The number of amides is 1. The zero-order valence-corrected chi connectivity index (χ0v) is 19.6. The van der Waals surface area contributed by atoms with Crippen molar-refractivity contribution in [3.8, 4) is 0 Å². The maximum absolute atomic E-state index is 10.6. The standard InChI is InChI=1S/C26H53NO2/c27-26(29)24-22-20-18-16-14-12-10-8-6-4-2-1-3-5-7-9-11-13-15-17-19-21-23-25-28/h28H,1-25H2,(H2,27,29). The highest BCUT2D eigenvalue weighted by Crippen LogP contribution is 2.15. The number of primary amides is 1. The minimum absolute atomic E-state index is 0.155. The van der Waals surface area contributed by atoms with Crippen molar-refractivity contribution in [3.63, 3.8) is 0 Å². The van der Waals surface area contributed by atoms with Crippen LogP contribution < -0.4 is 5.73 Å². The van der Waals surface area contributed by atoms with Crippen LogP contribution in [0.3, 0.4) is 0 Å². The second kappa shape index (κ2) is 25.5. The van der Waals surface area contributed by atoms with Gasteiger partial charge in [0.05, 0.1) is 0 Å². The number of carbonyl (C=O) groups excluding carboxylic acids is 1. The quantitative estimate of drug-likeness (QED) is 0.150. The molecule has 0 radical (unpaired) electrons. The molecule has 0 heterocycles. The summed E-state index contributed by atoms with van der Waals surface area (Å²) in [5.74, 6) is -0.155. The van der Waals surface area contributed by atoms with Crippen molar-refractivity contribution in [3.05, 3.63) is 0 Å². The summed E-state index contributed by atoms with van der Waals surface area (Å²) in [6.07, 6.45) is 31.4. The molecule has 0 fully saturated rings. The van der Waals surface area contributed by atoms with E-state index >= 15 is 0 Å². The molecule has 0 aliphatic heterocycles. The van der Waals surface area contributed by atoms with Gasteiger partial charge in [-0.15, -0.1) is 0 Å². The van der Waals surface area contributed by atoms with Gasteiger partial charge in [-0.3, -0.25) is 4.79 Å². The molecule has 0 aromatic rings. The molecule has 0 rings (SSSR count).